The molecule has 2 N–H and O–H groups in total. The van der Waals surface area contributed by atoms with E-state index in [1.807, 2.05) is 31.3 Å². The molecule has 5 heteroatoms. The second kappa shape index (κ2) is 8.82. The zero-order chi connectivity index (χ0) is 19.2. The van der Waals surface area contributed by atoms with Crippen LogP contribution in [0.4, 0.5) is 11.4 Å². The number of amides is 2. The van der Waals surface area contributed by atoms with Crippen molar-refractivity contribution in [2.75, 3.05) is 30.4 Å². The first kappa shape index (κ1) is 19.1. The van der Waals surface area contributed by atoms with E-state index in [1.54, 1.807) is 4.90 Å². The number of quaternary nitrogens is 1. The van der Waals surface area contributed by atoms with Crippen molar-refractivity contribution in [1.29, 1.82) is 0 Å². The van der Waals surface area contributed by atoms with Gasteiger partial charge in [-0.05, 0) is 42.7 Å². The van der Waals surface area contributed by atoms with Crippen LogP contribution in [0, 0.1) is 0 Å². The predicted molar refractivity (Wildman–Crippen MR) is 108 cm³/mol. The Morgan fingerprint density at radius 3 is 2.33 bits per heavy atom. The van der Waals surface area contributed by atoms with Crippen molar-refractivity contribution in [1.82, 2.24) is 0 Å². The molecule has 1 saturated heterocycles. The summed E-state index contributed by atoms with van der Waals surface area (Å²) >= 11 is 0. The van der Waals surface area contributed by atoms with Crippen LogP contribution in [0.3, 0.4) is 0 Å². The van der Waals surface area contributed by atoms with E-state index in [4.69, 9.17) is 0 Å². The molecule has 1 fully saturated rings. The zero-order valence-electron chi connectivity index (χ0n) is 16.1. The van der Waals surface area contributed by atoms with Gasteiger partial charge in [-0.3, -0.25) is 9.59 Å². The lowest BCUT2D eigenvalue weighted by Crippen LogP contribution is -3.08. The molecule has 2 aromatic rings. The molecule has 0 radical (unpaired) electrons. The Balaban J connectivity index is 1.50. The number of aryl methyl sites for hydroxylation is 1. The van der Waals surface area contributed by atoms with Crippen LogP contribution in [-0.2, 0) is 22.6 Å². The normalized spacial score (nSPS) is 15.0. The monoisotopic (exact) mass is 366 g/mol. The summed E-state index contributed by atoms with van der Waals surface area (Å²) in [6.45, 7) is 4.14. The molecule has 1 unspecified atom stereocenters. The maximum atomic E-state index is 12.3. The van der Waals surface area contributed by atoms with E-state index in [9.17, 15) is 9.59 Å². The number of nitrogens with zero attached hydrogens (tertiary/aromatic N) is 1. The summed E-state index contributed by atoms with van der Waals surface area (Å²) in [6, 6.07) is 16.1. The third-order valence-corrected chi connectivity index (χ3v) is 4.94. The van der Waals surface area contributed by atoms with Crippen LogP contribution in [0.2, 0.25) is 0 Å². The van der Waals surface area contributed by atoms with Crippen LogP contribution in [0.25, 0.3) is 0 Å². The van der Waals surface area contributed by atoms with Crippen molar-refractivity contribution in [3.63, 3.8) is 0 Å². The molecule has 0 aliphatic carbocycles. The second-order valence-electron chi connectivity index (χ2n) is 7.22. The molecule has 0 aromatic heterocycles. The molecule has 5 nitrogen and oxygen atoms in total. The van der Waals surface area contributed by atoms with Crippen molar-refractivity contribution in [2.24, 2.45) is 0 Å². The van der Waals surface area contributed by atoms with E-state index in [-0.39, 0.29) is 11.8 Å². The van der Waals surface area contributed by atoms with Crippen molar-refractivity contribution in [3.05, 3.63) is 59.7 Å². The highest BCUT2D eigenvalue weighted by molar-refractivity contribution is 5.96. The van der Waals surface area contributed by atoms with Gasteiger partial charge in [-0.15, -0.1) is 0 Å². The summed E-state index contributed by atoms with van der Waals surface area (Å²) in [4.78, 5) is 27.0. The molecular formula is C22H28N3O2+. The summed E-state index contributed by atoms with van der Waals surface area (Å²) in [7, 11) is 2.02. The molecule has 27 heavy (non-hydrogen) atoms. The standard InChI is InChI=1S/C22H27N3O2/c1-3-17-6-8-18(9-7-17)15-24(2)16-21(26)23-19-10-12-20(13-11-19)25-14-4-5-22(25)27/h6-13H,3-5,14-16H2,1-2H3,(H,23,26)/p+1. The van der Waals surface area contributed by atoms with E-state index >= 15 is 0 Å². The van der Waals surface area contributed by atoms with Crippen LogP contribution >= 0.6 is 0 Å². The lowest BCUT2D eigenvalue weighted by atomic mass is 10.1. The third-order valence-electron chi connectivity index (χ3n) is 4.94. The summed E-state index contributed by atoms with van der Waals surface area (Å²) in [5, 5.41) is 2.94. The van der Waals surface area contributed by atoms with Gasteiger partial charge in [-0.25, -0.2) is 0 Å². The highest BCUT2D eigenvalue weighted by atomic mass is 16.2. The molecule has 0 saturated carbocycles. The van der Waals surface area contributed by atoms with Crippen molar-refractivity contribution in [3.8, 4) is 0 Å². The first-order valence-corrected chi connectivity index (χ1v) is 9.64. The SMILES string of the molecule is CCc1ccc(C[NH+](C)CC(=O)Nc2ccc(N3CCCC3=O)cc2)cc1. The Bertz CT molecular complexity index is 784. The smallest absolute Gasteiger partial charge is 0.279 e. The van der Waals surface area contributed by atoms with Gasteiger partial charge in [0.15, 0.2) is 6.54 Å². The minimum absolute atomic E-state index is 0.0114. The molecule has 0 bridgehead atoms. The summed E-state index contributed by atoms with van der Waals surface area (Å²) in [5.41, 5.74) is 4.22. The fraction of sp³-hybridized carbons (Fsp3) is 0.364. The van der Waals surface area contributed by atoms with Gasteiger partial charge in [-0.1, -0.05) is 31.2 Å². The Hall–Kier alpha value is -2.66. The number of carbonyl (C=O) groups is 2. The maximum Gasteiger partial charge on any atom is 0.279 e. The number of likely N-dealkylation sites (N-methyl/N-ethyl adjacent to an activating group) is 1. The minimum Gasteiger partial charge on any atom is -0.326 e. The van der Waals surface area contributed by atoms with E-state index in [0.29, 0.717) is 13.0 Å². The molecular weight excluding hydrogens is 338 g/mol. The number of anilines is 2. The van der Waals surface area contributed by atoms with Crippen molar-refractivity contribution >= 4 is 23.2 Å². The van der Waals surface area contributed by atoms with Gasteiger partial charge in [-0.2, -0.15) is 0 Å². The van der Waals surface area contributed by atoms with E-state index in [2.05, 4.69) is 36.5 Å². The minimum atomic E-state index is -0.0114. The topological polar surface area (TPSA) is 53.9 Å². The average Bonchev–Trinajstić information content (AvgIpc) is 3.08. The molecule has 1 aliphatic heterocycles. The number of hydrogen-bond donors (Lipinski definition) is 2. The Morgan fingerprint density at radius 2 is 1.74 bits per heavy atom. The van der Waals surface area contributed by atoms with Crippen LogP contribution in [0.1, 0.15) is 30.9 Å². The lowest BCUT2D eigenvalue weighted by Gasteiger charge is -2.17. The van der Waals surface area contributed by atoms with Gasteiger partial charge < -0.3 is 15.1 Å². The Kier molecular flexibility index (Phi) is 6.24. The van der Waals surface area contributed by atoms with E-state index < -0.39 is 0 Å². The van der Waals surface area contributed by atoms with E-state index in [0.717, 1.165) is 42.2 Å². The first-order valence-electron chi connectivity index (χ1n) is 9.64. The first-order chi connectivity index (χ1) is 13.0. The summed E-state index contributed by atoms with van der Waals surface area (Å²) < 4.78 is 0. The Labute approximate surface area is 161 Å². The number of rotatable bonds is 7. The third kappa shape index (κ3) is 5.17. The lowest BCUT2D eigenvalue weighted by molar-refractivity contribution is -0.885. The second-order valence-corrected chi connectivity index (χ2v) is 7.22. The number of carbonyl (C=O) groups excluding carboxylic acids is 2. The molecule has 1 aliphatic rings. The fourth-order valence-electron chi connectivity index (χ4n) is 3.43. The highest BCUT2D eigenvalue weighted by Crippen LogP contribution is 2.22. The number of hydrogen-bond acceptors (Lipinski definition) is 2. The maximum absolute atomic E-state index is 12.3. The average molecular weight is 366 g/mol. The highest BCUT2D eigenvalue weighted by Gasteiger charge is 2.21. The van der Waals surface area contributed by atoms with Crippen LogP contribution < -0.4 is 15.1 Å². The fourth-order valence-corrected chi connectivity index (χ4v) is 3.43. The largest absolute Gasteiger partial charge is 0.326 e. The molecule has 0 spiro atoms. The van der Waals surface area contributed by atoms with Crippen molar-refractivity contribution in [2.45, 2.75) is 32.7 Å². The molecule has 2 aromatic carbocycles. The quantitative estimate of drug-likeness (QED) is 0.788. The zero-order valence-corrected chi connectivity index (χ0v) is 16.1. The van der Waals surface area contributed by atoms with Crippen molar-refractivity contribution < 1.29 is 14.5 Å². The molecule has 1 atom stereocenters. The number of benzene rings is 2. The van der Waals surface area contributed by atoms with Gasteiger partial charge in [0.1, 0.15) is 6.54 Å². The number of nitrogens with one attached hydrogen (secondary N) is 2. The summed E-state index contributed by atoms with van der Waals surface area (Å²) in [5.74, 6) is 0.159. The van der Waals surface area contributed by atoms with Gasteiger partial charge in [0.25, 0.3) is 5.91 Å². The molecule has 142 valence electrons. The van der Waals surface area contributed by atoms with Crippen LogP contribution in [-0.4, -0.2) is 32.0 Å². The van der Waals surface area contributed by atoms with E-state index in [1.165, 1.54) is 11.1 Å². The van der Waals surface area contributed by atoms with Gasteiger partial charge >= 0.3 is 0 Å². The van der Waals surface area contributed by atoms with Crippen LogP contribution in [0.15, 0.2) is 48.5 Å². The van der Waals surface area contributed by atoms with Crippen LogP contribution in [0.5, 0.6) is 0 Å². The molecule has 3 rings (SSSR count). The van der Waals surface area contributed by atoms with Gasteiger partial charge in [0.2, 0.25) is 5.91 Å². The Morgan fingerprint density at radius 1 is 1.07 bits per heavy atom. The van der Waals surface area contributed by atoms with Gasteiger partial charge in [0, 0.05) is 29.9 Å². The molecule has 2 amide bonds. The molecule has 1 heterocycles. The summed E-state index contributed by atoms with van der Waals surface area (Å²) in [6.07, 6.45) is 2.57. The van der Waals surface area contributed by atoms with Gasteiger partial charge in [0.05, 0.1) is 7.05 Å². The predicted octanol–water partition coefficient (Wildman–Crippen LogP) is 2.03.